The van der Waals surface area contributed by atoms with Crippen LogP contribution >= 0.6 is 0 Å². The topological polar surface area (TPSA) is 83.1 Å². The minimum atomic E-state index is -4.83. The molecule has 2 rings (SSSR count). The van der Waals surface area contributed by atoms with Crippen molar-refractivity contribution in [2.24, 2.45) is 0 Å². The van der Waals surface area contributed by atoms with Gasteiger partial charge in [0, 0.05) is 11.8 Å². The number of ether oxygens (including phenoxy) is 4. The Hall–Kier alpha value is -3.43. The molecule has 0 atom stereocenters. The van der Waals surface area contributed by atoms with Crippen molar-refractivity contribution in [2.75, 3.05) is 25.1 Å². The number of hydrogen-bond donors (Lipinski definition) is 1. The molecular formula is C20H20F3NO6. The monoisotopic (exact) mass is 427 g/mol. The first kappa shape index (κ1) is 22.9. The van der Waals surface area contributed by atoms with Crippen LogP contribution < -0.4 is 19.5 Å². The molecule has 0 saturated heterocycles. The number of carbonyl (C=O) groups is 2. The summed E-state index contributed by atoms with van der Waals surface area (Å²) in [5, 5.41) is 2.56. The molecule has 0 fully saturated rings. The Morgan fingerprint density at radius 3 is 2.17 bits per heavy atom. The van der Waals surface area contributed by atoms with Gasteiger partial charge in [-0.3, -0.25) is 4.79 Å². The molecule has 0 aliphatic heterocycles. The van der Waals surface area contributed by atoms with Gasteiger partial charge in [-0.25, -0.2) is 4.79 Å². The fourth-order valence-electron chi connectivity index (χ4n) is 2.33. The molecule has 10 heteroatoms. The van der Waals surface area contributed by atoms with Gasteiger partial charge in [0.15, 0.2) is 18.1 Å². The molecule has 162 valence electrons. The highest BCUT2D eigenvalue weighted by molar-refractivity contribution is 5.95. The van der Waals surface area contributed by atoms with Crippen LogP contribution in [-0.4, -0.2) is 38.1 Å². The van der Waals surface area contributed by atoms with Gasteiger partial charge in [0.05, 0.1) is 18.8 Å². The molecule has 0 bridgehead atoms. The van der Waals surface area contributed by atoms with Crippen LogP contribution in [0.4, 0.5) is 18.9 Å². The highest BCUT2D eigenvalue weighted by Gasteiger charge is 2.31. The Balaban J connectivity index is 1.91. The van der Waals surface area contributed by atoms with Gasteiger partial charge in [-0.2, -0.15) is 0 Å². The largest absolute Gasteiger partial charge is 0.573 e. The third-order valence-electron chi connectivity index (χ3n) is 3.49. The van der Waals surface area contributed by atoms with E-state index < -0.39 is 30.6 Å². The van der Waals surface area contributed by atoms with Crippen molar-refractivity contribution in [3.8, 4) is 17.2 Å². The highest BCUT2D eigenvalue weighted by Crippen LogP contribution is 2.30. The van der Waals surface area contributed by atoms with Crippen LogP contribution in [0.5, 0.6) is 17.2 Å². The maximum atomic E-state index is 12.1. The lowest BCUT2D eigenvalue weighted by Gasteiger charge is -2.13. The van der Waals surface area contributed by atoms with Gasteiger partial charge in [0.1, 0.15) is 5.75 Å². The smallest absolute Gasteiger partial charge is 0.490 e. The Kier molecular flexibility index (Phi) is 7.90. The van der Waals surface area contributed by atoms with E-state index in [4.69, 9.17) is 14.2 Å². The predicted molar refractivity (Wildman–Crippen MR) is 101 cm³/mol. The summed E-state index contributed by atoms with van der Waals surface area (Å²) in [5.41, 5.74) is 0.383. The SMILES string of the molecule is CCOc1ccc(NC(=O)COC(=O)c2ccc(OC(F)(F)F)cc2)cc1OCC. The van der Waals surface area contributed by atoms with Gasteiger partial charge >= 0.3 is 12.3 Å². The summed E-state index contributed by atoms with van der Waals surface area (Å²) >= 11 is 0. The molecule has 0 unspecified atom stereocenters. The second kappa shape index (κ2) is 10.4. The Bertz CT molecular complexity index is 868. The number of hydrogen-bond acceptors (Lipinski definition) is 6. The third kappa shape index (κ3) is 7.19. The van der Waals surface area contributed by atoms with Crippen LogP contribution in [0.3, 0.4) is 0 Å². The first-order valence-electron chi connectivity index (χ1n) is 8.94. The zero-order valence-electron chi connectivity index (χ0n) is 16.2. The van der Waals surface area contributed by atoms with Gasteiger partial charge < -0.3 is 24.3 Å². The Labute approximate surface area is 170 Å². The predicted octanol–water partition coefficient (Wildman–Crippen LogP) is 4.18. The molecule has 0 radical (unpaired) electrons. The number of esters is 1. The lowest BCUT2D eigenvalue weighted by molar-refractivity contribution is -0.274. The molecule has 0 aliphatic carbocycles. The van der Waals surface area contributed by atoms with Crippen LogP contribution in [0.15, 0.2) is 42.5 Å². The van der Waals surface area contributed by atoms with Crippen molar-refractivity contribution >= 4 is 17.6 Å². The first-order valence-corrected chi connectivity index (χ1v) is 8.94. The van der Waals surface area contributed by atoms with E-state index in [0.29, 0.717) is 30.4 Å². The van der Waals surface area contributed by atoms with Crippen molar-refractivity contribution < 1.29 is 41.7 Å². The quantitative estimate of drug-likeness (QED) is 0.605. The molecule has 0 heterocycles. The third-order valence-corrected chi connectivity index (χ3v) is 3.49. The van der Waals surface area contributed by atoms with Crippen LogP contribution in [0.25, 0.3) is 0 Å². The summed E-state index contributed by atoms with van der Waals surface area (Å²) in [6, 6.07) is 8.96. The minimum absolute atomic E-state index is 0.0305. The van der Waals surface area contributed by atoms with Crippen molar-refractivity contribution in [1.29, 1.82) is 0 Å². The average Bonchev–Trinajstić information content (AvgIpc) is 2.68. The second-order valence-corrected chi connectivity index (χ2v) is 5.72. The number of benzene rings is 2. The zero-order chi connectivity index (χ0) is 22.1. The van der Waals surface area contributed by atoms with Gasteiger partial charge in [0.2, 0.25) is 0 Å². The molecule has 0 spiro atoms. The molecular weight excluding hydrogens is 407 g/mol. The van der Waals surface area contributed by atoms with Gasteiger partial charge in [-0.05, 0) is 50.2 Å². The van der Waals surface area contributed by atoms with Crippen LogP contribution in [0.2, 0.25) is 0 Å². The molecule has 0 aliphatic rings. The number of carbonyl (C=O) groups excluding carboxylic acids is 2. The molecule has 2 aromatic carbocycles. The minimum Gasteiger partial charge on any atom is -0.490 e. The van der Waals surface area contributed by atoms with E-state index in [1.807, 2.05) is 13.8 Å². The number of nitrogens with one attached hydrogen (secondary N) is 1. The maximum absolute atomic E-state index is 12.1. The molecule has 1 amide bonds. The van der Waals surface area contributed by atoms with Crippen molar-refractivity contribution in [3.63, 3.8) is 0 Å². The molecule has 0 aromatic heterocycles. The average molecular weight is 427 g/mol. The number of rotatable bonds is 9. The first-order chi connectivity index (χ1) is 14.2. The highest BCUT2D eigenvalue weighted by atomic mass is 19.4. The molecule has 0 saturated carbocycles. The summed E-state index contributed by atoms with van der Waals surface area (Å²) in [7, 11) is 0. The van der Waals surface area contributed by atoms with E-state index in [2.05, 4.69) is 10.1 Å². The van der Waals surface area contributed by atoms with Crippen LogP contribution in [0.1, 0.15) is 24.2 Å². The second-order valence-electron chi connectivity index (χ2n) is 5.72. The van der Waals surface area contributed by atoms with E-state index in [1.165, 1.54) is 0 Å². The number of alkyl halides is 3. The van der Waals surface area contributed by atoms with Crippen LogP contribution in [0, 0.1) is 0 Å². The molecule has 2 aromatic rings. The van der Waals surface area contributed by atoms with E-state index in [0.717, 1.165) is 24.3 Å². The molecule has 1 N–H and O–H groups in total. The van der Waals surface area contributed by atoms with E-state index >= 15 is 0 Å². The Morgan fingerprint density at radius 1 is 0.933 bits per heavy atom. The summed E-state index contributed by atoms with van der Waals surface area (Å²) < 4.78 is 55.9. The lowest BCUT2D eigenvalue weighted by Crippen LogP contribution is -2.21. The van der Waals surface area contributed by atoms with E-state index in [-0.39, 0.29) is 5.56 Å². The summed E-state index contributed by atoms with van der Waals surface area (Å²) in [6.45, 7) is 3.91. The summed E-state index contributed by atoms with van der Waals surface area (Å²) in [4.78, 5) is 24.0. The summed E-state index contributed by atoms with van der Waals surface area (Å²) in [5.74, 6) is -0.966. The van der Waals surface area contributed by atoms with Crippen LogP contribution in [-0.2, 0) is 9.53 Å². The number of amides is 1. The van der Waals surface area contributed by atoms with Crippen molar-refractivity contribution in [1.82, 2.24) is 0 Å². The number of anilines is 1. The van der Waals surface area contributed by atoms with Crippen molar-refractivity contribution in [3.05, 3.63) is 48.0 Å². The fraction of sp³-hybridized carbons (Fsp3) is 0.300. The van der Waals surface area contributed by atoms with E-state index in [9.17, 15) is 22.8 Å². The summed E-state index contributed by atoms with van der Waals surface area (Å²) in [6.07, 6.45) is -4.83. The standard InChI is InChI=1S/C20H20F3NO6/c1-3-27-16-10-7-14(11-17(16)28-4-2)24-18(25)12-29-19(26)13-5-8-15(9-6-13)30-20(21,22)23/h5-11H,3-4,12H2,1-2H3,(H,24,25). The lowest BCUT2D eigenvalue weighted by atomic mass is 10.2. The van der Waals surface area contributed by atoms with Gasteiger partial charge in [0.25, 0.3) is 5.91 Å². The zero-order valence-corrected chi connectivity index (χ0v) is 16.2. The normalized spacial score (nSPS) is 10.8. The van der Waals surface area contributed by atoms with Gasteiger partial charge in [-0.15, -0.1) is 13.2 Å². The fourth-order valence-corrected chi connectivity index (χ4v) is 2.33. The number of halogens is 3. The van der Waals surface area contributed by atoms with Gasteiger partial charge in [-0.1, -0.05) is 0 Å². The maximum Gasteiger partial charge on any atom is 0.573 e. The molecule has 30 heavy (non-hydrogen) atoms. The Morgan fingerprint density at radius 2 is 1.57 bits per heavy atom. The van der Waals surface area contributed by atoms with E-state index in [1.54, 1.807) is 18.2 Å². The van der Waals surface area contributed by atoms with Crippen molar-refractivity contribution in [2.45, 2.75) is 20.2 Å². The molecule has 7 nitrogen and oxygen atoms in total.